The Labute approximate surface area is 205 Å². The van der Waals surface area contributed by atoms with Crippen LogP contribution in [0, 0.1) is 34.6 Å². The summed E-state index contributed by atoms with van der Waals surface area (Å²) in [6, 6.07) is 20.4. The van der Waals surface area contributed by atoms with Crippen molar-refractivity contribution in [2.45, 2.75) is 88.6 Å². The molecule has 0 heterocycles. The third-order valence-electron chi connectivity index (χ3n) is 5.82. The van der Waals surface area contributed by atoms with Crippen LogP contribution in [0.4, 0.5) is 0 Å². The average molecular weight is 446 g/mol. The van der Waals surface area contributed by atoms with E-state index in [2.05, 4.69) is 108 Å². The van der Waals surface area contributed by atoms with Crippen LogP contribution >= 0.6 is 0 Å². The van der Waals surface area contributed by atoms with Gasteiger partial charge < -0.3 is 0 Å². The van der Waals surface area contributed by atoms with Crippen LogP contribution < -0.4 is 0 Å². The van der Waals surface area contributed by atoms with Crippen molar-refractivity contribution in [1.29, 1.82) is 0 Å². The second-order valence-corrected chi connectivity index (χ2v) is 8.02. The van der Waals surface area contributed by atoms with Gasteiger partial charge in [0.15, 0.2) is 0 Å². The lowest BCUT2D eigenvalue weighted by Gasteiger charge is -2.16. The maximum Gasteiger partial charge on any atom is 0.0461 e. The van der Waals surface area contributed by atoms with Crippen LogP contribution in [0.3, 0.4) is 0 Å². The fraction of sp³-hybridized carbons (Fsp3) is 0.406. The molecule has 1 unspecified atom stereocenters. The van der Waals surface area contributed by atoms with E-state index in [1.165, 1.54) is 50.1 Å². The molecule has 3 aromatic carbocycles. The third-order valence-corrected chi connectivity index (χ3v) is 5.82. The van der Waals surface area contributed by atoms with E-state index in [-0.39, 0.29) is 0 Å². The van der Waals surface area contributed by atoms with Crippen molar-refractivity contribution < 1.29 is 0 Å². The molecule has 0 aliphatic heterocycles. The standard InChI is InChI=1S/C23H24.C5H11N.2C2H6/c1-15-6-8-20(9-7-15)21-10-12-22(13-11-21)23-17(3)14-16(2)18(4)19(23)5;1-4-5(2)6-3;2*1-2/h6-14H,1-5H3;5H,3-4H2,1-2H3;2*1-2H3. The molecule has 1 heteroatoms. The molecule has 0 spiro atoms. The molecule has 0 aliphatic carbocycles. The van der Waals surface area contributed by atoms with E-state index in [1.54, 1.807) is 0 Å². The van der Waals surface area contributed by atoms with Gasteiger partial charge in [0.25, 0.3) is 0 Å². The largest absolute Gasteiger partial charge is 0.298 e. The predicted octanol–water partition coefficient (Wildman–Crippen LogP) is 10.1. The molecular formula is C32H47N. The van der Waals surface area contributed by atoms with E-state index in [9.17, 15) is 0 Å². The van der Waals surface area contributed by atoms with E-state index < -0.39 is 0 Å². The van der Waals surface area contributed by atoms with Gasteiger partial charge in [-0.25, -0.2) is 0 Å². The molecular weight excluding hydrogens is 398 g/mol. The Morgan fingerprint density at radius 2 is 1.09 bits per heavy atom. The van der Waals surface area contributed by atoms with Crippen LogP contribution in [0.1, 0.15) is 75.8 Å². The number of hydrogen-bond acceptors (Lipinski definition) is 1. The number of aliphatic imine (C=N–C) groups is 1. The van der Waals surface area contributed by atoms with Gasteiger partial charge in [-0.2, -0.15) is 0 Å². The van der Waals surface area contributed by atoms with Crippen LogP contribution in [0.5, 0.6) is 0 Å². The van der Waals surface area contributed by atoms with Crippen LogP contribution in [0.15, 0.2) is 59.6 Å². The number of benzene rings is 3. The first-order valence-electron chi connectivity index (χ1n) is 12.5. The van der Waals surface area contributed by atoms with E-state index in [4.69, 9.17) is 0 Å². The molecule has 0 aliphatic rings. The topological polar surface area (TPSA) is 12.4 Å². The molecule has 0 radical (unpaired) electrons. The summed E-state index contributed by atoms with van der Waals surface area (Å²) in [5.41, 5.74) is 12.0. The van der Waals surface area contributed by atoms with Crippen molar-refractivity contribution >= 4 is 6.72 Å². The summed E-state index contributed by atoms with van der Waals surface area (Å²) in [6.45, 7) is 26.5. The van der Waals surface area contributed by atoms with E-state index in [0.717, 1.165) is 6.42 Å². The summed E-state index contributed by atoms with van der Waals surface area (Å²) in [5, 5.41) is 0. The summed E-state index contributed by atoms with van der Waals surface area (Å²) in [4.78, 5) is 3.76. The highest BCUT2D eigenvalue weighted by molar-refractivity contribution is 5.75. The summed E-state index contributed by atoms with van der Waals surface area (Å²) < 4.78 is 0. The quantitative estimate of drug-likeness (QED) is 0.354. The maximum absolute atomic E-state index is 3.76. The molecule has 3 rings (SSSR count). The van der Waals surface area contributed by atoms with Gasteiger partial charge in [-0.05, 0) is 99.2 Å². The SMILES string of the molecule is C=NC(C)CC.CC.CC.Cc1ccc(-c2ccc(-c3c(C)cc(C)c(C)c3C)cc2)cc1. The third kappa shape index (κ3) is 9.00. The second kappa shape index (κ2) is 16.0. The number of aryl methyl sites for hydroxylation is 3. The first-order valence-corrected chi connectivity index (χ1v) is 12.5. The minimum absolute atomic E-state index is 0.449. The van der Waals surface area contributed by atoms with Gasteiger partial charge in [0.2, 0.25) is 0 Å². The maximum atomic E-state index is 3.76. The Hall–Kier alpha value is -2.67. The summed E-state index contributed by atoms with van der Waals surface area (Å²) in [6.07, 6.45) is 1.10. The first kappa shape index (κ1) is 30.3. The van der Waals surface area contributed by atoms with Crippen molar-refractivity contribution in [2.24, 2.45) is 4.99 Å². The van der Waals surface area contributed by atoms with E-state index in [0.29, 0.717) is 6.04 Å². The molecule has 0 bridgehead atoms. The molecule has 1 nitrogen and oxygen atoms in total. The van der Waals surface area contributed by atoms with Gasteiger partial charge in [-0.3, -0.25) is 4.99 Å². The van der Waals surface area contributed by atoms with Crippen molar-refractivity contribution in [2.75, 3.05) is 0 Å². The predicted molar refractivity (Wildman–Crippen MR) is 153 cm³/mol. The fourth-order valence-corrected chi connectivity index (χ4v) is 3.43. The molecule has 180 valence electrons. The summed E-state index contributed by atoms with van der Waals surface area (Å²) in [5.74, 6) is 0. The second-order valence-electron chi connectivity index (χ2n) is 8.02. The van der Waals surface area contributed by atoms with Crippen LogP contribution in [-0.4, -0.2) is 12.8 Å². The Bertz CT molecular complexity index is 947. The smallest absolute Gasteiger partial charge is 0.0461 e. The molecule has 0 fully saturated rings. The number of nitrogens with zero attached hydrogens (tertiary/aromatic N) is 1. The van der Waals surface area contributed by atoms with Gasteiger partial charge in [0.05, 0.1) is 0 Å². The molecule has 3 aromatic rings. The lowest BCUT2D eigenvalue weighted by Crippen LogP contribution is -1.95. The molecule has 0 amide bonds. The van der Waals surface area contributed by atoms with Gasteiger partial charge >= 0.3 is 0 Å². The first-order chi connectivity index (χ1) is 15.8. The molecule has 0 saturated carbocycles. The highest BCUT2D eigenvalue weighted by Gasteiger charge is 2.10. The Morgan fingerprint density at radius 3 is 1.48 bits per heavy atom. The van der Waals surface area contributed by atoms with Gasteiger partial charge in [0, 0.05) is 6.04 Å². The monoisotopic (exact) mass is 445 g/mol. The lowest BCUT2D eigenvalue weighted by molar-refractivity contribution is 0.722. The van der Waals surface area contributed by atoms with E-state index in [1.807, 2.05) is 34.6 Å². The molecule has 1 atom stereocenters. The van der Waals surface area contributed by atoms with Crippen molar-refractivity contribution in [3.63, 3.8) is 0 Å². The molecule has 0 saturated heterocycles. The number of rotatable bonds is 4. The van der Waals surface area contributed by atoms with Crippen molar-refractivity contribution in [3.8, 4) is 22.3 Å². The van der Waals surface area contributed by atoms with Crippen LogP contribution in [-0.2, 0) is 0 Å². The average Bonchev–Trinajstić information content (AvgIpc) is 2.86. The van der Waals surface area contributed by atoms with E-state index >= 15 is 0 Å². The molecule has 33 heavy (non-hydrogen) atoms. The van der Waals surface area contributed by atoms with Crippen LogP contribution in [0.25, 0.3) is 22.3 Å². The highest BCUT2D eigenvalue weighted by atomic mass is 14.7. The van der Waals surface area contributed by atoms with Gasteiger partial charge in [0.1, 0.15) is 0 Å². The zero-order valence-corrected chi connectivity index (χ0v) is 23.1. The molecule has 0 N–H and O–H groups in total. The minimum Gasteiger partial charge on any atom is -0.298 e. The summed E-state index contributed by atoms with van der Waals surface area (Å²) in [7, 11) is 0. The molecule has 0 aromatic heterocycles. The van der Waals surface area contributed by atoms with Gasteiger partial charge in [-0.1, -0.05) is 94.8 Å². The van der Waals surface area contributed by atoms with Gasteiger partial charge in [-0.15, -0.1) is 0 Å². The Morgan fingerprint density at radius 1 is 0.667 bits per heavy atom. The Kier molecular flexibility index (Phi) is 14.7. The summed E-state index contributed by atoms with van der Waals surface area (Å²) >= 11 is 0. The normalized spacial score (nSPS) is 10.4. The minimum atomic E-state index is 0.449. The highest BCUT2D eigenvalue weighted by Crippen LogP contribution is 2.32. The zero-order valence-electron chi connectivity index (χ0n) is 23.1. The van der Waals surface area contributed by atoms with Crippen LogP contribution in [0.2, 0.25) is 0 Å². The van der Waals surface area contributed by atoms with Crippen molar-refractivity contribution in [1.82, 2.24) is 0 Å². The zero-order chi connectivity index (χ0) is 25.6. The van der Waals surface area contributed by atoms with Crippen molar-refractivity contribution in [3.05, 3.63) is 82.4 Å². The Balaban J connectivity index is 0.000000880. The fourth-order valence-electron chi connectivity index (χ4n) is 3.43. The number of hydrogen-bond donors (Lipinski definition) is 0. The lowest BCUT2D eigenvalue weighted by atomic mass is 9.89.